The summed E-state index contributed by atoms with van der Waals surface area (Å²) < 4.78 is 37.8. The third-order valence-electron chi connectivity index (χ3n) is 3.77. The molecule has 0 atom stereocenters. The number of rotatable bonds is 5. The van der Waals surface area contributed by atoms with Gasteiger partial charge in [-0.2, -0.15) is 18.3 Å². The van der Waals surface area contributed by atoms with Gasteiger partial charge < -0.3 is 5.32 Å². The normalized spacial score (nSPS) is 16.5. The molecule has 7 heteroatoms. The van der Waals surface area contributed by atoms with E-state index in [1.165, 1.54) is 31.4 Å². The summed E-state index contributed by atoms with van der Waals surface area (Å²) >= 11 is 0. The number of hydrogen-bond donors (Lipinski definition) is 2. The zero-order chi connectivity index (χ0) is 16.7. The zero-order valence-electron chi connectivity index (χ0n) is 12.7. The first kappa shape index (κ1) is 17.3. The summed E-state index contributed by atoms with van der Waals surface area (Å²) in [5, 5.41) is 6.58. The average molecular weight is 327 g/mol. The Hall–Kier alpha value is -2.05. The molecule has 0 aromatic heterocycles. The van der Waals surface area contributed by atoms with Gasteiger partial charge in [0.05, 0.1) is 12.1 Å². The second-order valence-electron chi connectivity index (χ2n) is 5.64. The summed E-state index contributed by atoms with van der Waals surface area (Å²) in [6.45, 7) is -0.136. The molecule has 1 amide bonds. The summed E-state index contributed by atoms with van der Waals surface area (Å²) in [5.41, 5.74) is 1.88. The van der Waals surface area contributed by atoms with Gasteiger partial charge in [-0.25, -0.2) is 5.43 Å². The van der Waals surface area contributed by atoms with Gasteiger partial charge >= 0.3 is 6.18 Å². The van der Waals surface area contributed by atoms with Crippen molar-refractivity contribution in [3.05, 3.63) is 29.8 Å². The van der Waals surface area contributed by atoms with Crippen LogP contribution in [0.4, 0.5) is 18.9 Å². The Bertz CT molecular complexity index is 552. The summed E-state index contributed by atoms with van der Waals surface area (Å²) in [4.78, 5) is 11.6. The van der Waals surface area contributed by atoms with E-state index in [2.05, 4.69) is 15.8 Å². The fourth-order valence-corrected chi connectivity index (χ4v) is 2.53. The summed E-state index contributed by atoms with van der Waals surface area (Å²) in [6.07, 6.45) is 3.14. The lowest BCUT2D eigenvalue weighted by Crippen LogP contribution is -2.26. The third-order valence-corrected chi connectivity index (χ3v) is 3.77. The molecule has 1 fully saturated rings. The van der Waals surface area contributed by atoms with Crippen molar-refractivity contribution in [3.8, 4) is 0 Å². The monoisotopic (exact) mass is 327 g/mol. The van der Waals surface area contributed by atoms with Gasteiger partial charge in [0.25, 0.3) is 5.91 Å². The number of carbonyl (C=O) groups is 1. The number of alkyl halides is 3. The number of hydrazone groups is 1. The molecule has 1 aliphatic rings. The van der Waals surface area contributed by atoms with Crippen LogP contribution < -0.4 is 10.7 Å². The maximum atomic E-state index is 12.6. The number of carbonyl (C=O) groups excluding carboxylic acids is 1. The molecule has 0 heterocycles. The Morgan fingerprint density at radius 3 is 2.70 bits per heavy atom. The van der Waals surface area contributed by atoms with Crippen molar-refractivity contribution >= 4 is 17.8 Å². The Kier molecular flexibility index (Phi) is 6.01. The second-order valence-corrected chi connectivity index (χ2v) is 5.64. The summed E-state index contributed by atoms with van der Waals surface area (Å²) in [6, 6.07) is 4.73. The van der Waals surface area contributed by atoms with E-state index in [4.69, 9.17) is 0 Å². The molecular formula is C16H20F3N3O. The van der Waals surface area contributed by atoms with Crippen LogP contribution in [0, 0.1) is 5.92 Å². The van der Waals surface area contributed by atoms with Crippen molar-refractivity contribution in [1.82, 2.24) is 5.43 Å². The van der Waals surface area contributed by atoms with E-state index in [0.717, 1.165) is 25.0 Å². The van der Waals surface area contributed by atoms with E-state index in [0.29, 0.717) is 5.92 Å². The highest BCUT2D eigenvalue weighted by atomic mass is 19.4. The number of nitrogens with zero attached hydrogens (tertiary/aromatic N) is 1. The Morgan fingerprint density at radius 2 is 2.00 bits per heavy atom. The molecule has 0 unspecified atom stereocenters. The van der Waals surface area contributed by atoms with Gasteiger partial charge in [-0.1, -0.05) is 25.3 Å². The molecule has 0 radical (unpaired) electrons. The maximum absolute atomic E-state index is 12.6. The third kappa shape index (κ3) is 5.92. The fourth-order valence-electron chi connectivity index (χ4n) is 2.53. The van der Waals surface area contributed by atoms with Crippen LogP contribution in [0.25, 0.3) is 0 Å². The minimum absolute atomic E-state index is 0.136. The van der Waals surface area contributed by atoms with Gasteiger partial charge in [-0.3, -0.25) is 4.79 Å². The van der Waals surface area contributed by atoms with Crippen molar-refractivity contribution in [3.63, 3.8) is 0 Å². The second kappa shape index (κ2) is 7.99. The highest BCUT2D eigenvalue weighted by Crippen LogP contribution is 2.30. The number of amides is 1. The fraction of sp³-hybridized carbons (Fsp3) is 0.500. The van der Waals surface area contributed by atoms with Gasteiger partial charge in [-0.15, -0.1) is 0 Å². The average Bonchev–Trinajstić information content (AvgIpc) is 2.53. The first-order valence-corrected chi connectivity index (χ1v) is 7.68. The molecule has 4 nitrogen and oxygen atoms in total. The molecule has 0 spiro atoms. The van der Waals surface area contributed by atoms with Gasteiger partial charge in [-0.05, 0) is 37.0 Å². The molecule has 2 rings (SSSR count). The topological polar surface area (TPSA) is 53.5 Å². The van der Waals surface area contributed by atoms with Crippen molar-refractivity contribution < 1.29 is 18.0 Å². The zero-order valence-corrected chi connectivity index (χ0v) is 12.7. The number of hydrogen-bond acceptors (Lipinski definition) is 3. The minimum atomic E-state index is -4.40. The van der Waals surface area contributed by atoms with Crippen LogP contribution >= 0.6 is 0 Å². The van der Waals surface area contributed by atoms with E-state index < -0.39 is 17.6 Å². The Labute approximate surface area is 133 Å². The molecule has 0 aliphatic heterocycles. The maximum Gasteiger partial charge on any atom is 0.416 e. The number of benzene rings is 1. The van der Waals surface area contributed by atoms with Gasteiger partial charge in [0.2, 0.25) is 0 Å². The Morgan fingerprint density at radius 1 is 1.26 bits per heavy atom. The molecule has 126 valence electrons. The lowest BCUT2D eigenvalue weighted by atomic mass is 9.90. The highest BCUT2D eigenvalue weighted by molar-refractivity contribution is 5.81. The van der Waals surface area contributed by atoms with E-state index >= 15 is 0 Å². The van der Waals surface area contributed by atoms with Crippen molar-refractivity contribution in [2.45, 2.75) is 38.3 Å². The van der Waals surface area contributed by atoms with E-state index in [9.17, 15) is 18.0 Å². The predicted molar refractivity (Wildman–Crippen MR) is 83.1 cm³/mol. The van der Waals surface area contributed by atoms with Crippen molar-refractivity contribution in [2.75, 3.05) is 11.9 Å². The van der Waals surface area contributed by atoms with E-state index in [1.54, 1.807) is 6.21 Å². The van der Waals surface area contributed by atoms with Gasteiger partial charge in [0.1, 0.15) is 0 Å². The minimum Gasteiger partial charge on any atom is -0.376 e. The van der Waals surface area contributed by atoms with E-state index in [-0.39, 0.29) is 12.2 Å². The molecule has 0 bridgehead atoms. The summed E-state index contributed by atoms with van der Waals surface area (Å²) in [5.74, 6) is 0.00921. The predicted octanol–water partition coefficient (Wildman–Crippen LogP) is 3.80. The molecule has 1 saturated carbocycles. The molecule has 2 N–H and O–H groups in total. The largest absolute Gasteiger partial charge is 0.416 e. The molecular weight excluding hydrogens is 307 g/mol. The first-order chi connectivity index (χ1) is 10.9. The first-order valence-electron chi connectivity index (χ1n) is 7.68. The lowest BCUT2D eigenvalue weighted by molar-refractivity contribution is -0.137. The van der Waals surface area contributed by atoms with Crippen LogP contribution in [0.5, 0.6) is 0 Å². The molecule has 1 aromatic carbocycles. The number of halogens is 3. The van der Waals surface area contributed by atoms with E-state index in [1.807, 2.05) is 0 Å². The van der Waals surface area contributed by atoms with Crippen molar-refractivity contribution in [2.24, 2.45) is 11.0 Å². The molecule has 0 saturated heterocycles. The van der Waals surface area contributed by atoms with Crippen LogP contribution in [0.2, 0.25) is 0 Å². The van der Waals surface area contributed by atoms with Crippen LogP contribution in [0.1, 0.15) is 37.7 Å². The van der Waals surface area contributed by atoms with Gasteiger partial charge in [0.15, 0.2) is 0 Å². The van der Waals surface area contributed by atoms with Crippen LogP contribution in [-0.2, 0) is 11.0 Å². The van der Waals surface area contributed by atoms with Gasteiger partial charge in [0, 0.05) is 11.9 Å². The SMILES string of the molecule is O=C(CNc1cccc(C(F)(F)F)c1)N/N=C\C1CCCCC1. The molecule has 1 aliphatic carbocycles. The Balaban J connectivity index is 1.77. The number of nitrogens with one attached hydrogen (secondary N) is 2. The number of anilines is 1. The van der Waals surface area contributed by atoms with Crippen LogP contribution in [0.15, 0.2) is 29.4 Å². The smallest absolute Gasteiger partial charge is 0.376 e. The molecule has 1 aromatic rings. The standard InChI is InChI=1S/C16H20F3N3O/c17-16(18,19)13-7-4-8-14(9-13)20-11-15(23)22-21-10-12-5-2-1-3-6-12/h4,7-10,12,20H,1-3,5-6,11H2,(H,22,23)/b21-10-. The lowest BCUT2D eigenvalue weighted by Gasteiger charge is -2.16. The van der Waals surface area contributed by atoms with Crippen LogP contribution in [0.3, 0.4) is 0 Å². The molecule has 23 heavy (non-hydrogen) atoms. The van der Waals surface area contributed by atoms with Crippen LogP contribution in [-0.4, -0.2) is 18.7 Å². The van der Waals surface area contributed by atoms with Crippen molar-refractivity contribution in [1.29, 1.82) is 0 Å². The quantitative estimate of drug-likeness (QED) is 0.638. The summed E-state index contributed by atoms with van der Waals surface area (Å²) in [7, 11) is 0. The highest BCUT2D eigenvalue weighted by Gasteiger charge is 2.30.